The van der Waals surface area contributed by atoms with Gasteiger partial charge in [-0.3, -0.25) is 43.8 Å². The molecule has 0 saturated carbocycles. The van der Waals surface area contributed by atoms with Crippen LogP contribution >= 0.6 is 0 Å². The van der Waals surface area contributed by atoms with Crippen molar-refractivity contribution in [3.63, 3.8) is 0 Å². The number of carbonyl (C=O) groups excluding carboxylic acids is 8. The van der Waals surface area contributed by atoms with E-state index in [1.807, 2.05) is 44.2 Å². The Labute approximate surface area is 445 Å². The molecule has 2 saturated heterocycles. The number of ether oxygens (including phenoxy) is 4. The summed E-state index contributed by atoms with van der Waals surface area (Å²) in [5.74, 6) is -2.25. The van der Waals surface area contributed by atoms with Gasteiger partial charge in [0.2, 0.25) is 23.6 Å². The maximum Gasteiger partial charge on any atom is 0.329 e. The van der Waals surface area contributed by atoms with Crippen LogP contribution in [-0.2, 0) is 39.9 Å². The van der Waals surface area contributed by atoms with Gasteiger partial charge in [-0.2, -0.15) is 0 Å². The average Bonchev–Trinajstić information content (AvgIpc) is 3.68. The number of hydrogen-bond acceptors (Lipinski definition) is 12. The topological polar surface area (TPSA) is 204 Å². The Morgan fingerprint density at radius 2 is 1.51 bits per heavy atom. The number of imide groups is 2. The molecule has 0 aromatic heterocycles. The fourth-order valence-corrected chi connectivity index (χ4v) is 10.5. The van der Waals surface area contributed by atoms with Crippen LogP contribution < -0.4 is 24.8 Å². The van der Waals surface area contributed by atoms with E-state index in [0.717, 1.165) is 65.7 Å². The van der Waals surface area contributed by atoms with Crippen LogP contribution in [0.25, 0.3) is 0 Å². The molecule has 16 nitrogen and oxygen atoms in total. The molecule has 2 fully saturated rings. The fraction of sp³-hybridized carbons (Fsp3) is 0.467. The first-order valence-electron chi connectivity index (χ1n) is 26.8. The van der Waals surface area contributed by atoms with Gasteiger partial charge in [0.25, 0.3) is 11.8 Å². The van der Waals surface area contributed by atoms with Gasteiger partial charge >= 0.3 is 5.97 Å². The highest BCUT2D eigenvalue weighted by Crippen LogP contribution is 2.38. The van der Waals surface area contributed by atoms with E-state index in [9.17, 15) is 38.4 Å². The maximum atomic E-state index is 14.5. The number of ketones is 1. The number of anilines is 1. The van der Waals surface area contributed by atoms with E-state index in [-0.39, 0.29) is 60.3 Å². The highest BCUT2D eigenvalue weighted by molar-refractivity contribution is 6.26. The largest absolute Gasteiger partial charge is 0.493 e. The molecule has 2 unspecified atom stereocenters. The number of hydrogen-bond donors (Lipinski definition) is 2. The monoisotopic (exact) mass is 1040 g/mol. The summed E-state index contributed by atoms with van der Waals surface area (Å²) in [4.78, 5) is 108. The van der Waals surface area contributed by atoms with Gasteiger partial charge in [-0.25, -0.2) is 4.79 Å². The summed E-state index contributed by atoms with van der Waals surface area (Å²) in [6.07, 6.45) is 8.31. The predicted molar refractivity (Wildman–Crippen MR) is 285 cm³/mol. The van der Waals surface area contributed by atoms with Crippen molar-refractivity contribution in [3.05, 3.63) is 117 Å². The number of methoxy groups -OCH3 is 2. The van der Waals surface area contributed by atoms with E-state index in [0.29, 0.717) is 68.7 Å². The first kappa shape index (κ1) is 56.4. The summed E-state index contributed by atoms with van der Waals surface area (Å²) < 4.78 is 23.7. The molecule has 4 aromatic rings. The number of carbonyl (C=O) groups is 8. The van der Waals surface area contributed by atoms with E-state index in [1.54, 1.807) is 37.3 Å². The number of rotatable bonds is 25. The molecular formula is C60H72N4O12. The first-order valence-corrected chi connectivity index (χ1v) is 26.8. The lowest BCUT2D eigenvalue weighted by molar-refractivity contribution is -0.162. The second-order valence-electron chi connectivity index (χ2n) is 20.2. The Kier molecular flexibility index (Phi) is 19.6. The van der Waals surface area contributed by atoms with E-state index < -0.39 is 53.7 Å². The maximum absolute atomic E-state index is 14.5. The number of fused-ring (bicyclic) bond motifs is 1. The van der Waals surface area contributed by atoms with Crippen LogP contribution in [0.5, 0.6) is 17.2 Å². The van der Waals surface area contributed by atoms with Gasteiger partial charge < -0.3 is 29.2 Å². The molecule has 3 aliphatic rings. The van der Waals surface area contributed by atoms with Gasteiger partial charge in [0.1, 0.15) is 30.5 Å². The molecule has 4 atom stereocenters. The van der Waals surface area contributed by atoms with E-state index in [1.165, 1.54) is 17.2 Å². The molecule has 0 spiro atoms. The molecule has 3 heterocycles. The summed E-state index contributed by atoms with van der Waals surface area (Å²) >= 11 is 0. The fourth-order valence-electron chi connectivity index (χ4n) is 10.5. The number of nitrogens with zero attached hydrogens (tertiary/aromatic N) is 2. The van der Waals surface area contributed by atoms with Crippen LogP contribution in [-0.4, -0.2) is 96.5 Å². The van der Waals surface area contributed by atoms with Crippen LogP contribution in [0.2, 0.25) is 0 Å². The predicted octanol–water partition coefficient (Wildman–Crippen LogP) is 9.53. The van der Waals surface area contributed by atoms with Crippen LogP contribution in [0.15, 0.2) is 72.8 Å². The number of likely N-dealkylation sites (tertiary alicyclic amines) is 1. The van der Waals surface area contributed by atoms with Gasteiger partial charge in [0, 0.05) is 25.8 Å². The molecule has 6 amide bonds. The second-order valence-corrected chi connectivity index (χ2v) is 20.2. The zero-order valence-corrected chi connectivity index (χ0v) is 44.8. The SMILES string of the molecule is CC[C@H](C(=O)N1CCCC[C@H]1C(=O)OC(CCc1ccc(C)c(C)c1)c1cccc(OCC(=O)CCCCCCCCC(=O)Nc2cccc3c2C(=O)N(C2CCC(=O)NC2=O)C3=O)c1)c1cc(C)c(OC)c(OC)c1. The summed E-state index contributed by atoms with van der Waals surface area (Å²) in [7, 11) is 3.16. The van der Waals surface area contributed by atoms with Crippen molar-refractivity contribution in [2.75, 3.05) is 32.7 Å². The van der Waals surface area contributed by atoms with Crippen molar-refractivity contribution < 1.29 is 57.3 Å². The van der Waals surface area contributed by atoms with Crippen molar-refractivity contribution in [2.24, 2.45) is 0 Å². The minimum atomic E-state index is -1.10. The van der Waals surface area contributed by atoms with E-state index in [2.05, 4.69) is 42.7 Å². The molecule has 76 heavy (non-hydrogen) atoms. The van der Waals surface area contributed by atoms with Gasteiger partial charge in [0.15, 0.2) is 17.3 Å². The van der Waals surface area contributed by atoms with Crippen molar-refractivity contribution in [1.82, 2.24) is 15.1 Å². The van der Waals surface area contributed by atoms with Crippen LogP contribution in [0.3, 0.4) is 0 Å². The molecule has 0 radical (unpaired) electrons. The molecule has 16 heteroatoms. The summed E-state index contributed by atoms with van der Waals surface area (Å²) in [5.41, 5.74) is 6.20. The molecule has 2 N–H and O–H groups in total. The number of Topliss-reactive ketones (excluding diaryl/α,β-unsaturated/α-hetero) is 1. The lowest BCUT2D eigenvalue weighted by atomic mass is 9.91. The Balaban J connectivity index is 0.881. The van der Waals surface area contributed by atoms with Crippen molar-refractivity contribution in [2.45, 2.75) is 155 Å². The zero-order chi connectivity index (χ0) is 54.5. The third-order valence-corrected chi connectivity index (χ3v) is 14.9. The number of nitrogens with one attached hydrogen (secondary N) is 2. The van der Waals surface area contributed by atoms with Gasteiger partial charge in [-0.1, -0.05) is 75.1 Å². The highest BCUT2D eigenvalue weighted by atomic mass is 16.5. The average molecular weight is 1040 g/mol. The number of piperidine rings is 2. The molecule has 0 bridgehead atoms. The quantitative estimate of drug-likeness (QED) is 0.0362. The normalized spacial score (nSPS) is 17.1. The lowest BCUT2D eigenvalue weighted by Crippen LogP contribution is -2.54. The highest BCUT2D eigenvalue weighted by Gasteiger charge is 2.46. The van der Waals surface area contributed by atoms with Crippen LogP contribution in [0, 0.1) is 20.8 Å². The van der Waals surface area contributed by atoms with Gasteiger partial charge in [-0.15, -0.1) is 0 Å². The molecule has 4 aromatic carbocycles. The van der Waals surface area contributed by atoms with E-state index >= 15 is 0 Å². The van der Waals surface area contributed by atoms with E-state index in [4.69, 9.17) is 18.9 Å². The number of benzene rings is 4. The van der Waals surface area contributed by atoms with Crippen molar-refractivity contribution in [3.8, 4) is 17.2 Å². The first-order chi connectivity index (χ1) is 36.6. The third kappa shape index (κ3) is 13.7. The zero-order valence-electron chi connectivity index (χ0n) is 44.8. The summed E-state index contributed by atoms with van der Waals surface area (Å²) in [6, 6.07) is 20.2. The summed E-state index contributed by atoms with van der Waals surface area (Å²) in [6.45, 7) is 8.37. The molecule has 404 valence electrons. The number of unbranched alkanes of at least 4 members (excludes halogenated alkanes) is 5. The van der Waals surface area contributed by atoms with Crippen molar-refractivity contribution in [1.29, 1.82) is 0 Å². The number of aryl methyl sites for hydroxylation is 4. The Morgan fingerprint density at radius 1 is 0.763 bits per heavy atom. The van der Waals surface area contributed by atoms with Crippen LogP contribution in [0.4, 0.5) is 5.69 Å². The molecule has 7 rings (SSSR count). The number of esters is 1. The second kappa shape index (κ2) is 26.4. The van der Waals surface area contributed by atoms with Gasteiger partial charge in [0.05, 0.1) is 37.0 Å². The molecule has 3 aliphatic heterocycles. The van der Waals surface area contributed by atoms with Gasteiger partial charge in [-0.05, 0) is 142 Å². The van der Waals surface area contributed by atoms with Crippen molar-refractivity contribution >= 4 is 52.9 Å². The Morgan fingerprint density at radius 3 is 2.24 bits per heavy atom. The molecule has 0 aliphatic carbocycles. The lowest BCUT2D eigenvalue weighted by Gasteiger charge is -2.37. The minimum Gasteiger partial charge on any atom is -0.493 e. The Hall–Kier alpha value is -7.36. The summed E-state index contributed by atoms with van der Waals surface area (Å²) in [5, 5.41) is 4.95. The number of amides is 6. The Bertz CT molecular complexity index is 2820. The molecular weight excluding hydrogens is 969 g/mol. The minimum absolute atomic E-state index is 0.0101. The third-order valence-electron chi connectivity index (χ3n) is 14.9. The van der Waals surface area contributed by atoms with Crippen LogP contribution in [0.1, 0.15) is 169 Å². The standard InChI is InChI=1S/C60H72N4O12/c1-7-45(42-33-39(4)55(74-6)51(35-42)73-5)57(69)63-31-15-14-23-49(63)60(72)76-50(29-27-40-26-25-37(2)38(3)32-40)41-18-16-20-44(34-41)75-36-43(65)19-12-10-8-9-11-13-24-52(66)61-47-22-17-21-46-54(47)59(71)64(58(46)70)48-28-30-53(67)62-56(48)68/h16-18,20-22,25-26,32-35,45,48-50H,7-15,19,23-24,27-31,36H2,1-6H3,(H,61,66)(H,62,67,68)/t45-,48?,49-,50?/m0/s1. The smallest absolute Gasteiger partial charge is 0.329 e.